The fraction of sp³-hybridized carbons (Fsp3) is 0.867. The molecule has 0 spiro atoms. The zero-order valence-corrected chi connectivity index (χ0v) is 14.6. The number of ether oxygens (including phenoxy) is 3. The maximum absolute atomic E-state index is 10.4. The summed E-state index contributed by atoms with van der Waals surface area (Å²) in [6, 6.07) is 0. The molecule has 0 amide bonds. The SMILES string of the molecule is C=CCO[C@@H]1O[C@H](CO)[C@H](O)[C@H](O)[C@H]1S[C@@H]1O[C@@H](C)[C@@H](O)[C@@H](O)[C@@H]1O. The molecular formula is C15H26O9S. The van der Waals surface area contributed by atoms with E-state index in [0.29, 0.717) is 0 Å². The summed E-state index contributed by atoms with van der Waals surface area (Å²) >= 11 is 0.923. The predicted molar refractivity (Wildman–Crippen MR) is 87.6 cm³/mol. The zero-order valence-electron chi connectivity index (χ0n) is 13.8. The van der Waals surface area contributed by atoms with Crippen molar-refractivity contribution in [2.45, 2.75) is 66.6 Å². The number of aliphatic hydroxyl groups excluding tert-OH is 6. The van der Waals surface area contributed by atoms with E-state index < -0.39 is 66.3 Å². The molecule has 0 radical (unpaired) electrons. The predicted octanol–water partition coefficient (Wildman–Crippen LogP) is -2.44. The van der Waals surface area contributed by atoms with Crippen molar-refractivity contribution in [3.63, 3.8) is 0 Å². The molecule has 0 aromatic heterocycles. The summed E-state index contributed by atoms with van der Waals surface area (Å²) in [5, 5.41) is 58.7. The van der Waals surface area contributed by atoms with Crippen LogP contribution in [0.15, 0.2) is 12.7 Å². The van der Waals surface area contributed by atoms with Gasteiger partial charge in [-0.3, -0.25) is 0 Å². The Morgan fingerprint density at radius 3 is 2.28 bits per heavy atom. The lowest BCUT2D eigenvalue weighted by Gasteiger charge is -2.45. The van der Waals surface area contributed by atoms with Crippen LogP contribution < -0.4 is 0 Å². The fourth-order valence-corrected chi connectivity index (χ4v) is 4.24. The van der Waals surface area contributed by atoms with Crippen LogP contribution in [-0.2, 0) is 14.2 Å². The molecule has 9 nitrogen and oxygen atoms in total. The van der Waals surface area contributed by atoms with E-state index >= 15 is 0 Å². The summed E-state index contributed by atoms with van der Waals surface area (Å²) in [7, 11) is 0. The molecule has 2 aliphatic heterocycles. The first-order valence-corrected chi connectivity index (χ1v) is 8.96. The highest BCUT2D eigenvalue weighted by Gasteiger charge is 2.49. The van der Waals surface area contributed by atoms with E-state index in [0.717, 1.165) is 11.8 Å². The van der Waals surface area contributed by atoms with Crippen molar-refractivity contribution in [2.75, 3.05) is 13.2 Å². The smallest absolute Gasteiger partial charge is 0.173 e. The second-order valence-corrected chi connectivity index (χ2v) is 7.39. The van der Waals surface area contributed by atoms with Crippen molar-refractivity contribution in [1.82, 2.24) is 0 Å². The Morgan fingerprint density at radius 1 is 1.00 bits per heavy atom. The van der Waals surface area contributed by atoms with Gasteiger partial charge >= 0.3 is 0 Å². The van der Waals surface area contributed by atoms with Crippen LogP contribution in [0.4, 0.5) is 0 Å². The fourth-order valence-electron chi connectivity index (χ4n) is 2.78. The van der Waals surface area contributed by atoms with Gasteiger partial charge in [0.15, 0.2) is 6.29 Å². The summed E-state index contributed by atoms with van der Waals surface area (Å²) in [6.45, 7) is 4.67. The highest BCUT2D eigenvalue weighted by Crippen LogP contribution is 2.37. The lowest BCUT2D eigenvalue weighted by molar-refractivity contribution is -0.250. The Labute approximate surface area is 149 Å². The van der Waals surface area contributed by atoms with Gasteiger partial charge in [0.05, 0.1) is 30.7 Å². The highest BCUT2D eigenvalue weighted by atomic mass is 32.2. The van der Waals surface area contributed by atoms with E-state index in [1.54, 1.807) is 6.92 Å². The van der Waals surface area contributed by atoms with Crippen molar-refractivity contribution in [1.29, 1.82) is 0 Å². The van der Waals surface area contributed by atoms with Gasteiger partial charge in [0.25, 0.3) is 0 Å². The van der Waals surface area contributed by atoms with Gasteiger partial charge in [-0.15, -0.1) is 18.3 Å². The van der Waals surface area contributed by atoms with Crippen LogP contribution in [0.1, 0.15) is 6.92 Å². The van der Waals surface area contributed by atoms with Crippen molar-refractivity contribution in [3.8, 4) is 0 Å². The van der Waals surface area contributed by atoms with Gasteiger partial charge < -0.3 is 44.8 Å². The van der Waals surface area contributed by atoms with Gasteiger partial charge in [-0.2, -0.15) is 0 Å². The molecule has 146 valence electrons. The van der Waals surface area contributed by atoms with Crippen molar-refractivity contribution < 1.29 is 44.8 Å². The van der Waals surface area contributed by atoms with Gasteiger partial charge in [-0.1, -0.05) is 6.08 Å². The zero-order chi connectivity index (χ0) is 18.7. The Hall–Kier alpha value is -0.270. The normalized spacial score (nSPS) is 48.3. The summed E-state index contributed by atoms with van der Waals surface area (Å²) in [6.07, 6.45) is -8.04. The standard InChI is InChI=1S/C15H26O9S/c1-3-4-22-14-13(11(20)9(18)7(5-16)24-14)25-15-12(21)10(19)8(17)6(2)23-15/h3,6-21H,1,4-5H2,2H3/t6-,7+,8+,9-,10+,11-,12-,13+,14+,15-/m0/s1. The number of aliphatic hydroxyl groups is 6. The van der Waals surface area contributed by atoms with Crippen LogP contribution in [-0.4, -0.2) is 104 Å². The van der Waals surface area contributed by atoms with E-state index in [9.17, 15) is 30.6 Å². The second kappa shape index (κ2) is 9.09. The van der Waals surface area contributed by atoms with E-state index in [1.807, 2.05) is 0 Å². The first-order chi connectivity index (χ1) is 11.8. The first-order valence-electron chi connectivity index (χ1n) is 8.01. The van der Waals surface area contributed by atoms with Crippen LogP contribution in [0.3, 0.4) is 0 Å². The summed E-state index contributed by atoms with van der Waals surface area (Å²) in [5.41, 5.74) is -0.982. The van der Waals surface area contributed by atoms with Gasteiger partial charge in [0.2, 0.25) is 0 Å². The molecule has 10 heteroatoms. The topological polar surface area (TPSA) is 149 Å². The van der Waals surface area contributed by atoms with Gasteiger partial charge in [-0.05, 0) is 6.92 Å². The molecule has 0 aromatic rings. The molecular weight excluding hydrogens is 356 g/mol. The third-order valence-corrected chi connectivity index (χ3v) is 5.78. The molecule has 10 atom stereocenters. The third-order valence-electron chi connectivity index (χ3n) is 4.30. The summed E-state index contributed by atoms with van der Waals surface area (Å²) < 4.78 is 16.4. The van der Waals surface area contributed by atoms with Gasteiger partial charge in [0, 0.05) is 0 Å². The molecule has 2 rings (SSSR count). The Bertz CT molecular complexity index is 439. The molecule has 2 saturated heterocycles. The molecule has 0 unspecified atom stereocenters. The number of rotatable bonds is 6. The molecule has 0 aromatic carbocycles. The molecule has 2 fully saturated rings. The molecule has 2 heterocycles. The minimum Gasteiger partial charge on any atom is -0.394 e. The Kier molecular flexibility index (Phi) is 7.65. The van der Waals surface area contributed by atoms with Crippen LogP contribution in [0, 0.1) is 0 Å². The average Bonchev–Trinajstić information content (AvgIpc) is 2.60. The number of hydrogen-bond donors (Lipinski definition) is 6. The number of thioether (sulfide) groups is 1. The van der Waals surface area contributed by atoms with Gasteiger partial charge in [0.1, 0.15) is 36.0 Å². The minimum atomic E-state index is -1.41. The van der Waals surface area contributed by atoms with E-state index in [2.05, 4.69) is 6.58 Å². The van der Waals surface area contributed by atoms with Crippen LogP contribution >= 0.6 is 11.8 Å². The molecule has 6 N–H and O–H groups in total. The minimum absolute atomic E-state index is 0.106. The molecule has 0 aliphatic carbocycles. The molecule has 0 bridgehead atoms. The van der Waals surface area contributed by atoms with E-state index in [4.69, 9.17) is 14.2 Å². The Morgan fingerprint density at radius 2 is 1.68 bits per heavy atom. The highest BCUT2D eigenvalue weighted by molar-refractivity contribution is 8.00. The average molecular weight is 382 g/mol. The third kappa shape index (κ3) is 4.53. The summed E-state index contributed by atoms with van der Waals surface area (Å²) in [5.74, 6) is 0. The summed E-state index contributed by atoms with van der Waals surface area (Å²) in [4.78, 5) is 0. The van der Waals surface area contributed by atoms with Crippen molar-refractivity contribution in [3.05, 3.63) is 12.7 Å². The first kappa shape index (κ1) is 21.0. The van der Waals surface area contributed by atoms with E-state index in [1.165, 1.54) is 6.08 Å². The molecule has 2 aliphatic rings. The largest absolute Gasteiger partial charge is 0.394 e. The Balaban J connectivity index is 2.13. The number of hydrogen-bond acceptors (Lipinski definition) is 10. The quantitative estimate of drug-likeness (QED) is 0.274. The second-order valence-electron chi connectivity index (χ2n) is 6.11. The van der Waals surface area contributed by atoms with Crippen LogP contribution in [0.2, 0.25) is 0 Å². The van der Waals surface area contributed by atoms with Crippen molar-refractivity contribution >= 4 is 11.8 Å². The van der Waals surface area contributed by atoms with E-state index in [-0.39, 0.29) is 6.61 Å². The van der Waals surface area contributed by atoms with Gasteiger partial charge in [-0.25, -0.2) is 0 Å². The maximum Gasteiger partial charge on any atom is 0.173 e. The molecule has 0 saturated carbocycles. The van der Waals surface area contributed by atoms with Crippen LogP contribution in [0.5, 0.6) is 0 Å². The monoisotopic (exact) mass is 382 g/mol. The lowest BCUT2D eigenvalue weighted by Crippen LogP contribution is -2.60. The van der Waals surface area contributed by atoms with Crippen molar-refractivity contribution in [2.24, 2.45) is 0 Å². The van der Waals surface area contributed by atoms with Crippen LogP contribution in [0.25, 0.3) is 0 Å². The molecule has 25 heavy (non-hydrogen) atoms. The maximum atomic E-state index is 10.4. The lowest BCUT2D eigenvalue weighted by atomic mass is 10.0.